The molecule has 0 spiro atoms. The lowest BCUT2D eigenvalue weighted by Crippen LogP contribution is -2.10. The van der Waals surface area contributed by atoms with Crippen molar-refractivity contribution in [1.29, 1.82) is 0 Å². The number of carbonyl (C=O) groups excluding carboxylic acids is 2. The fraction of sp³-hybridized carbons (Fsp3) is 0.200. The average molecular weight is 303 g/mol. The van der Waals surface area contributed by atoms with Gasteiger partial charge in [-0.2, -0.15) is 0 Å². The van der Waals surface area contributed by atoms with E-state index in [2.05, 4.69) is 10.6 Å². The van der Waals surface area contributed by atoms with E-state index in [1.807, 2.05) is 31.2 Å². The van der Waals surface area contributed by atoms with E-state index in [4.69, 9.17) is 5.73 Å². The van der Waals surface area contributed by atoms with Crippen molar-refractivity contribution in [3.8, 4) is 0 Å². The topological polar surface area (TPSA) is 84.2 Å². The maximum atomic E-state index is 11.4. The molecule has 2 rings (SSSR count). The summed E-state index contributed by atoms with van der Waals surface area (Å²) in [4.78, 5) is 23.4. The number of hydrogen-bond donors (Lipinski definition) is 3. The molecular weight excluding hydrogens is 286 g/mol. The number of rotatable bonds is 6. The van der Waals surface area contributed by atoms with Crippen LogP contribution in [-0.2, 0) is 11.3 Å². The zero-order valence-electron chi connectivity index (χ0n) is 11.7. The number of nitrogens with one attached hydrogen (secondary N) is 2. The molecular formula is C15H17N3O2S. The monoisotopic (exact) mass is 303 g/mol. The zero-order valence-corrected chi connectivity index (χ0v) is 12.5. The average Bonchev–Trinajstić information content (AvgIpc) is 2.94. The normalized spacial score (nSPS) is 10.1. The van der Waals surface area contributed by atoms with Crippen LogP contribution < -0.4 is 16.4 Å². The second-order valence-corrected chi connectivity index (χ2v) is 5.50. The van der Waals surface area contributed by atoms with Gasteiger partial charge >= 0.3 is 0 Å². The van der Waals surface area contributed by atoms with E-state index in [-0.39, 0.29) is 5.91 Å². The standard InChI is InChI=1S/C15H17N3O2S/c1-2-14(19)18-12-5-3-4-11(7-12)17-8-13-6-10(9-21-13)15(16)20/h3-7,9,17H,2,8H2,1H3,(H2,16,20)(H,18,19). The first-order valence-corrected chi connectivity index (χ1v) is 7.47. The molecule has 21 heavy (non-hydrogen) atoms. The lowest BCUT2D eigenvalue weighted by Gasteiger charge is -2.08. The van der Waals surface area contributed by atoms with Gasteiger partial charge in [0.2, 0.25) is 11.8 Å². The van der Waals surface area contributed by atoms with Crippen molar-refractivity contribution in [1.82, 2.24) is 0 Å². The van der Waals surface area contributed by atoms with Gasteiger partial charge in [-0.3, -0.25) is 9.59 Å². The Balaban J connectivity index is 1.97. The molecule has 6 heteroatoms. The molecule has 0 saturated carbocycles. The summed E-state index contributed by atoms with van der Waals surface area (Å²) in [7, 11) is 0. The Morgan fingerprint density at radius 1 is 1.24 bits per heavy atom. The number of hydrogen-bond acceptors (Lipinski definition) is 4. The molecule has 4 N–H and O–H groups in total. The van der Waals surface area contributed by atoms with Crippen LogP contribution in [0.25, 0.3) is 0 Å². The van der Waals surface area contributed by atoms with Gasteiger partial charge in [-0.15, -0.1) is 11.3 Å². The van der Waals surface area contributed by atoms with E-state index < -0.39 is 5.91 Å². The van der Waals surface area contributed by atoms with Gasteiger partial charge in [0, 0.05) is 34.6 Å². The Morgan fingerprint density at radius 2 is 2.00 bits per heavy atom. The molecule has 2 aromatic rings. The highest BCUT2D eigenvalue weighted by atomic mass is 32.1. The highest BCUT2D eigenvalue weighted by molar-refractivity contribution is 7.10. The molecule has 0 radical (unpaired) electrons. The molecule has 0 saturated heterocycles. The summed E-state index contributed by atoms with van der Waals surface area (Å²) in [5.41, 5.74) is 7.41. The van der Waals surface area contributed by atoms with Gasteiger partial charge in [0.05, 0.1) is 5.56 Å². The van der Waals surface area contributed by atoms with Crippen LogP contribution in [0.2, 0.25) is 0 Å². The minimum Gasteiger partial charge on any atom is -0.380 e. The second kappa shape index (κ2) is 6.90. The summed E-state index contributed by atoms with van der Waals surface area (Å²) in [6, 6.07) is 9.29. The van der Waals surface area contributed by atoms with Crippen molar-refractivity contribution in [2.24, 2.45) is 5.73 Å². The smallest absolute Gasteiger partial charge is 0.249 e. The van der Waals surface area contributed by atoms with Crippen molar-refractivity contribution in [3.05, 3.63) is 46.2 Å². The second-order valence-electron chi connectivity index (χ2n) is 4.50. The fourth-order valence-electron chi connectivity index (χ4n) is 1.75. The lowest BCUT2D eigenvalue weighted by atomic mass is 10.2. The highest BCUT2D eigenvalue weighted by Gasteiger charge is 2.05. The summed E-state index contributed by atoms with van der Waals surface area (Å²) in [6.45, 7) is 2.41. The quantitative estimate of drug-likeness (QED) is 0.767. The third kappa shape index (κ3) is 4.32. The predicted octanol–water partition coefficient (Wildman–Crippen LogP) is 2.81. The lowest BCUT2D eigenvalue weighted by molar-refractivity contribution is -0.115. The van der Waals surface area contributed by atoms with Gasteiger partial charge in [-0.05, 0) is 24.3 Å². The third-order valence-electron chi connectivity index (χ3n) is 2.87. The van der Waals surface area contributed by atoms with E-state index >= 15 is 0 Å². The SMILES string of the molecule is CCC(=O)Nc1cccc(NCc2cc(C(N)=O)cs2)c1. The van der Waals surface area contributed by atoms with Crippen LogP contribution in [0.5, 0.6) is 0 Å². The van der Waals surface area contributed by atoms with Crippen molar-refractivity contribution in [3.63, 3.8) is 0 Å². The number of nitrogens with two attached hydrogens (primary N) is 1. The largest absolute Gasteiger partial charge is 0.380 e. The summed E-state index contributed by atoms with van der Waals surface area (Å²) in [5, 5.41) is 7.81. The van der Waals surface area contributed by atoms with Crippen LogP contribution in [0.1, 0.15) is 28.6 Å². The number of amides is 2. The first kappa shape index (κ1) is 15.1. The maximum Gasteiger partial charge on any atom is 0.249 e. The van der Waals surface area contributed by atoms with Gasteiger partial charge in [0.25, 0.3) is 0 Å². The van der Waals surface area contributed by atoms with Crippen LogP contribution in [-0.4, -0.2) is 11.8 Å². The maximum absolute atomic E-state index is 11.4. The summed E-state index contributed by atoms with van der Waals surface area (Å²) in [5.74, 6) is -0.432. The van der Waals surface area contributed by atoms with Crippen LogP contribution in [0.3, 0.4) is 0 Å². The highest BCUT2D eigenvalue weighted by Crippen LogP contribution is 2.19. The van der Waals surface area contributed by atoms with Gasteiger partial charge in [0.1, 0.15) is 0 Å². The first-order chi connectivity index (χ1) is 10.1. The van der Waals surface area contributed by atoms with Crippen molar-refractivity contribution < 1.29 is 9.59 Å². The first-order valence-electron chi connectivity index (χ1n) is 6.59. The number of thiophene rings is 1. The molecule has 1 aromatic heterocycles. The summed E-state index contributed by atoms with van der Waals surface area (Å²) < 4.78 is 0. The van der Waals surface area contributed by atoms with E-state index in [1.54, 1.807) is 11.4 Å². The molecule has 1 heterocycles. The molecule has 0 fully saturated rings. The number of anilines is 2. The van der Waals surface area contributed by atoms with Gasteiger partial charge in [0.15, 0.2) is 0 Å². The number of carbonyl (C=O) groups is 2. The number of benzene rings is 1. The Labute approximate surface area is 127 Å². The molecule has 0 aliphatic heterocycles. The molecule has 0 aliphatic carbocycles. The van der Waals surface area contributed by atoms with Crippen LogP contribution in [0, 0.1) is 0 Å². The minimum atomic E-state index is -0.415. The van der Waals surface area contributed by atoms with Gasteiger partial charge in [-0.25, -0.2) is 0 Å². The Bertz CT molecular complexity index is 652. The zero-order chi connectivity index (χ0) is 15.2. The molecule has 0 bridgehead atoms. The van der Waals surface area contributed by atoms with Crippen LogP contribution in [0.15, 0.2) is 35.7 Å². The Kier molecular flexibility index (Phi) is 4.94. The van der Waals surface area contributed by atoms with E-state index in [1.165, 1.54) is 11.3 Å². The molecule has 0 unspecified atom stereocenters. The van der Waals surface area contributed by atoms with Crippen molar-refractivity contribution in [2.75, 3.05) is 10.6 Å². The van der Waals surface area contributed by atoms with E-state index in [9.17, 15) is 9.59 Å². The van der Waals surface area contributed by atoms with E-state index in [0.29, 0.717) is 18.5 Å². The van der Waals surface area contributed by atoms with Gasteiger partial charge in [-0.1, -0.05) is 13.0 Å². The van der Waals surface area contributed by atoms with Crippen molar-refractivity contribution >= 4 is 34.5 Å². The van der Waals surface area contributed by atoms with Gasteiger partial charge < -0.3 is 16.4 Å². The van der Waals surface area contributed by atoms with E-state index in [0.717, 1.165) is 16.3 Å². The molecule has 5 nitrogen and oxygen atoms in total. The minimum absolute atomic E-state index is 0.0171. The predicted molar refractivity (Wildman–Crippen MR) is 85.5 cm³/mol. The molecule has 2 amide bonds. The summed E-state index contributed by atoms with van der Waals surface area (Å²) >= 11 is 1.48. The Hall–Kier alpha value is -2.34. The third-order valence-corrected chi connectivity index (χ3v) is 3.81. The van der Waals surface area contributed by atoms with Crippen LogP contribution >= 0.6 is 11.3 Å². The summed E-state index contributed by atoms with van der Waals surface area (Å²) in [6.07, 6.45) is 0.447. The molecule has 1 aromatic carbocycles. The molecule has 110 valence electrons. The fourth-order valence-corrected chi connectivity index (χ4v) is 2.56. The Morgan fingerprint density at radius 3 is 2.67 bits per heavy atom. The molecule has 0 atom stereocenters. The van der Waals surface area contributed by atoms with Crippen LogP contribution in [0.4, 0.5) is 11.4 Å². The molecule has 0 aliphatic rings. The van der Waals surface area contributed by atoms with Crippen molar-refractivity contribution in [2.45, 2.75) is 19.9 Å². The number of primary amides is 1.